The predicted octanol–water partition coefficient (Wildman–Crippen LogP) is 4.27. The fourth-order valence-corrected chi connectivity index (χ4v) is 4.63. The van der Waals surface area contributed by atoms with Crippen molar-refractivity contribution in [2.24, 2.45) is 5.92 Å². The van der Waals surface area contributed by atoms with Gasteiger partial charge >= 0.3 is 0 Å². The number of aromatic nitrogens is 1. The molecule has 3 aromatic rings. The Balaban J connectivity index is 1.52. The number of methoxy groups -OCH3 is 2. The molecule has 4 rings (SSSR count). The molecule has 30 heavy (non-hydrogen) atoms. The van der Waals surface area contributed by atoms with Crippen molar-refractivity contribution in [3.8, 4) is 11.5 Å². The van der Waals surface area contributed by atoms with Crippen LogP contribution in [-0.4, -0.2) is 37.6 Å². The van der Waals surface area contributed by atoms with Crippen LogP contribution in [0.5, 0.6) is 11.5 Å². The summed E-state index contributed by atoms with van der Waals surface area (Å²) in [4.78, 5) is 31.4. The van der Waals surface area contributed by atoms with Crippen molar-refractivity contribution < 1.29 is 19.1 Å². The third-order valence-corrected chi connectivity index (χ3v) is 6.23. The van der Waals surface area contributed by atoms with Crippen LogP contribution in [0.1, 0.15) is 11.4 Å². The Hall–Kier alpha value is -2.84. The maximum atomic E-state index is 12.8. The highest BCUT2D eigenvalue weighted by Gasteiger charge is 2.36. The average Bonchev–Trinajstić information content (AvgIpc) is 3.29. The van der Waals surface area contributed by atoms with Gasteiger partial charge in [-0.15, -0.1) is 11.3 Å². The summed E-state index contributed by atoms with van der Waals surface area (Å²) >= 11 is 7.81. The molecule has 9 heteroatoms. The van der Waals surface area contributed by atoms with Crippen LogP contribution in [0.15, 0.2) is 30.3 Å². The summed E-state index contributed by atoms with van der Waals surface area (Å²) in [5.41, 5.74) is 2.11. The molecule has 1 aliphatic rings. The fraction of sp³-hybridized carbons (Fsp3) is 0.286. The molecule has 1 aromatic heterocycles. The smallest absolute Gasteiger partial charge is 0.229 e. The number of ether oxygens (including phenoxy) is 2. The van der Waals surface area contributed by atoms with Gasteiger partial charge in [-0.2, -0.15) is 0 Å². The van der Waals surface area contributed by atoms with Gasteiger partial charge in [0.25, 0.3) is 0 Å². The summed E-state index contributed by atoms with van der Waals surface area (Å²) in [5.74, 6) is 0.0544. The Morgan fingerprint density at radius 3 is 2.73 bits per heavy atom. The predicted molar refractivity (Wildman–Crippen MR) is 118 cm³/mol. The van der Waals surface area contributed by atoms with Gasteiger partial charge in [-0.05, 0) is 31.2 Å². The number of benzene rings is 2. The number of hydrogen-bond acceptors (Lipinski definition) is 6. The number of nitrogens with one attached hydrogen (secondary N) is 1. The topological polar surface area (TPSA) is 80.8 Å². The minimum Gasteiger partial charge on any atom is -0.495 e. The minimum atomic E-state index is -0.484. The van der Waals surface area contributed by atoms with Gasteiger partial charge < -0.3 is 19.7 Å². The van der Waals surface area contributed by atoms with Gasteiger partial charge in [-0.25, -0.2) is 4.98 Å². The van der Waals surface area contributed by atoms with Gasteiger partial charge in [0.2, 0.25) is 11.8 Å². The molecule has 1 unspecified atom stereocenters. The van der Waals surface area contributed by atoms with Crippen molar-refractivity contribution in [3.63, 3.8) is 0 Å². The normalized spacial score (nSPS) is 16.2. The first-order valence-corrected chi connectivity index (χ1v) is 10.5. The number of nitrogens with zero attached hydrogens (tertiary/aromatic N) is 2. The Morgan fingerprint density at radius 1 is 1.23 bits per heavy atom. The molecular formula is C21H20ClN3O4S. The van der Waals surface area contributed by atoms with Gasteiger partial charge in [0, 0.05) is 24.7 Å². The van der Waals surface area contributed by atoms with Gasteiger partial charge in [-0.3, -0.25) is 9.59 Å². The van der Waals surface area contributed by atoms with Crippen molar-refractivity contribution in [2.45, 2.75) is 13.3 Å². The number of amides is 2. The van der Waals surface area contributed by atoms with E-state index in [0.29, 0.717) is 27.9 Å². The molecule has 0 bridgehead atoms. The lowest BCUT2D eigenvalue weighted by molar-refractivity contribution is -0.122. The molecule has 2 amide bonds. The van der Waals surface area contributed by atoms with Crippen molar-refractivity contribution in [2.75, 3.05) is 31.0 Å². The van der Waals surface area contributed by atoms with Crippen LogP contribution >= 0.6 is 22.9 Å². The van der Waals surface area contributed by atoms with Crippen molar-refractivity contribution in [3.05, 3.63) is 40.4 Å². The maximum Gasteiger partial charge on any atom is 0.229 e. The lowest BCUT2D eigenvalue weighted by Crippen LogP contribution is -2.28. The number of halogens is 1. The number of carbonyl (C=O) groups excluding carboxylic acids is 2. The third-order valence-electron chi connectivity index (χ3n) is 5.00. The monoisotopic (exact) mass is 445 g/mol. The number of rotatable bonds is 5. The van der Waals surface area contributed by atoms with Crippen LogP contribution in [0.2, 0.25) is 5.02 Å². The summed E-state index contributed by atoms with van der Waals surface area (Å²) in [5, 5.41) is 4.25. The summed E-state index contributed by atoms with van der Waals surface area (Å²) < 4.78 is 11.6. The highest BCUT2D eigenvalue weighted by molar-refractivity contribution is 7.18. The maximum absolute atomic E-state index is 12.8. The van der Waals surface area contributed by atoms with E-state index in [1.54, 1.807) is 23.5 Å². The number of carbonyl (C=O) groups is 2. The molecule has 2 heterocycles. The van der Waals surface area contributed by atoms with E-state index in [1.807, 2.05) is 25.1 Å². The third kappa shape index (κ3) is 3.80. The molecule has 1 saturated heterocycles. The SMILES string of the molecule is COc1cc(OC)c(N2CC(C(=O)Nc3ccc4nc(C)sc4c3)CC2=O)cc1Cl. The van der Waals surface area contributed by atoms with Crippen LogP contribution in [0.4, 0.5) is 11.4 Å². The van der Waals surface area contributed by atoms with Crippen LogP contribution in [0, 0.1) is 12.8 Å². The zero-order chi connectivity index (χ0) is 21.4. The molecule has 1 N–H and O–H groups in total. The standard InChI is InChI=1S/C21H20ClN3O4S/c1-11-23-15-5-4-13(7-19(15)30-11)24-21(27)12-6-20(26)25(10-12)16-8-14(22)17(28-2)9-18(16)29-3/h4-5,7-9,12H,6,10H2,1-3H3,(H,24,27). The number of aryl methyl sites for hydroxylation is 1. The first-order chi connectivity index (χ1) is 14.4. The van der Waals surface area contributed by atoms with Crippen molar-refractivity contribution in [1.29, 1.82) is 0 Å². The van der Waals surface area contributed by atoms with Crippen LogP contribution < -0.4 is 19.7 Å². The van der Waals surface area contributed by atoms with Gasteiger partial charge in [0.15, 0.2) is 0 Å². The van der Waals surface area contributed by atoms with E-state index in [4.69, 9.17) is 21.1 Å². The largest absolute Gasteiger partial charge is 0.495 e. The highest BCUT2D eigenvalue weighted by Crippen LogP contribution is 2.40. The molecule has 1 aliphatic heterocycles. The van der Waals surface area contributed by atoms with Gasteiger partial charge in [0.05, 0.1) is 46.1 Å². The summed E-state index contributed by atoms with van der Waals surface area (Å²) in [6, 6.07) is 8.85. The molecule has 1 atom stereocenters. The van der Waals surface area contributed by atoms with E-state index in [-0.39, 0.29) is 24.8 Å². The second kappa shape index (κ2) is 8.12. The lowest BCUT2D eigenvalue weighted by atomic mass is 10.1. The van der Waals surface area contributed by atoms with E-state index >= 15 is 0 Å². The van der Waals surface area contributed by atoms with Crippen molar-refractivity contribution in [1.82, 2.24) is 4.98 Å². The number of hydrogen-bond donors (Lipinski definition) is 1. The van der Waals surface area contributed by atoms with Gasteiger partial charge in [0.1, 0.15) is 11.5 Å². The second-order valence-corrected chi connectivity index (χ2v) is 8.61. The Morgan fingerprint density at radius 2 is 2.00 bits per heavy atom. The average molecular weight is 446 g/mol. The van der Waals surface area contributed by atoms with E-state index in [9.17, 15) is 9.59 Å². The zero-order valence-electron chi connectivity index (χ0n) is 16.7. The quantitative estimate of drug-likeness (QED) is 0.634. The zero-order valence-corrected chi connectivity index (χ0v) is 18.3. The molecule has 7 nitrogen and oxygen atoms in total. The molecule has 0 saturated carbocycles. The van der Waals surface area contributed by atoms with E-state index in [2.05, 4.69) is 10.3 Å². The fourth-order valence-electron chi connectivity index (χ4n) is 3.53. The molecule has 2 aromatic carbocycles. The molecule has 0 aliphatic carbocycles. The highest BCUT2D eigenvalue weighted by atomic mass is 35.5. The van der Waals surface area contributed by atoms with Crippen molar-refractivity contribution >= 4 is 56.3 Å². The molecule has 0 spiro atoms. The molecule has 156 valence electrons. The van der Waals surface area contributed by atoms with Crippen LogP contribution in [0.25, 0.3) is 10.2 Å². The van der Waals surface area contributed by atoms with Crippen LogP contribution in [0.3, 0.4) is 0 Å². The first-order valence-electron chi connectivity index (χ1n) is 9.29. The first kappa shape index (κ1) is 20.4. The molecule has 1 fully saturated rings. The van der Waals surface area contributed by atoms with Gasteiger partial charge in [-0.1, -0.05) is 11.6 Å². The second-order valence-electron chi connectivity index (χ2n) is 6.97. The number of thiazole rings is 1. The minimum absolute atomic E-state index is 0.112. The van der Waals surface area contributed by atoms with E-state index < -0.39 is 5.92 Å². The number of fused-ring (bicyclic) bond motifs is 1. The Kier molecular flexibility index (Phi) is 5.53. The van der Waals surface area contributed by atoms with E-state index in [1.165, 1.54) is 19.1 Å². The number of anilines is 2. The summed E-state index contributed by atoms with van der Waals surface area (Å²) in [6.07, 6.45) is 0.112. The summed E-state index contributed by atoms with van der Waals surface area (Å²) in [6.45, 7) is 2.19. The van der Waals surface area contributed by atoms with E-state index in [0.717, 1.165) is 15.2 Å². The van der Waals surface area contributed by atoms with Crippen LogP contribution in [-0.2, 0) is 9.59 Å². The lowest BCUT2D eigenvalue weighted by Gasteiger charge is -2.21. The Labute approximate surface area is 182 Å². The molecule has 0 radical (unpaired) electrons. The molecular weight excluding hydrogens is 426 g/mol. The Bertz CT molecular complexity index is 1150. The summed E-state index contributed by atoms with van der Waals surface area (Å²) in [7, 11) is 3.01.